The van der Waals surface area contributed by atoms with Crippen molar-refractivity contribution in [1.29, 1.82) is 0 Å². The fraction of sp³-hybridized carbons (Fsp3) is 0.0909. The number of aromatic nitrogens is 1. The smallest absolute Gasteiger partial charge is 0.261 e. The maximum Gasteiger partial charge on any atom is 0.261 e. The average molecular weight is 713 g/mol. The number of hydrogen-bond acceptors (Lipinski definition) is 8. The molecule has 0 radical (unpaired) electrons. The lowest BCUT2D eigenvalue weighted by molar-refractivity contribution is -0.115. The second-order valence-corrected chi connectivity index (χ2v) is 13.7. The summed E-state index contributed by atoms with van der Waals surface area (Å²) in [6.07, 6.45) is 0.473. The van der Waals surface area contributed by atoms with Crippen LogP contribution in [0.25, 0.3) is 44.2 Å². The average Bonchev–Trinajstić information content (AvgIpc) is 3.61. The number of aryl methyl sites for hydroxylation is 1. The zero-order valence-corrected chi connectivity index (χ0v) is 29.1. The van der Waals surface area contributed by atoms with E-state index in [9.17, 15) is 19.2 Å². The molecule has 2 aliphatic rings. The molecule has 1 aliphatic carbocycles. The first-order valence-corrected chi connectivity index (χ1v) is 17.2. The summed E-state index contributed by atoms with van der Waals surface area (Å²) in [5.41, 5.74) is 7.06. The van der Waals surface area contributed by atoms with Crippen molar-refractivity contribution in [2.24, 2.45) is 7.05 Å². The van der Waals surface area contributed by atoms with E-state index in [0.29, 0.717) is 62.9 Å². The van der Waals surface area contributed by atoms with Gasteiger partial charge in [0.15, 0.2) is 45.3 Å². The van der Waals surface area contributed by atoms with E-state index in [1.807, 2.05) is 60.7 Å². The number of rotatable bonds is 4. The summed E-state index contributed by atoms with van der Waals surface area (Å²) >= 11 is 0. The molecule has 0 fully saturated rings. The maximum absolute atomic E-state index is 12.9. The fourth-order valence-electron chi connectivity index (χ4n) is 8.12. The van der Waals surface area contributed by atoms with E-state index in [1.165, 1.54) is 14.1 Å². The Hall–Kier alpha value is -7.20. The number of ether oxygens (including phenoxy) is 2. The van der Waals surface area contributed by atoms with E-state index in [4.69, 9.17) is 18.3 Å². The minimum absolute atomic E-state index is 0.267. The van der Waals surface area contributed by atoms with Crippen molar-refractivity contribution < 1.29 is 27.9 Å². The van der Waals surface area contributed by atoms with Crippen LogP contribution in [0.4, 0.5) is 0 Å². The number of nitrogens with zero attached hydrogens (tertiary/aromatic N) is 2. The molecule has 0 N–H and O–H groups in total. The van der Waals surface area contributed by atoms with Crippen LogP contribution < -0.4 is 20.6 Å². The van der Waals surface area contributed by atoms with Crippen molar-refractivity contribution in [3.05, 3.63) is 163 Å². The number of hydrogen-bond donors (Lipinski definition) is 0. The molecular weight excluding hydrogens is 684 g/mol. The second-order valence-electron chi connectivity index (χ2n) is 13.7. The van der Waals surface area contributed by atoms with Crippen LogP contribution in [0, 0.1) is 6.92 Å². The summed E-state index contributed by atoms with van der Waals surface area (Å²) in [7, 11) is 2.86. The Labute approximate surface area is 306 Å². The lowest BCUT2D eigenvalue weighted by Crippen LogP contribution is -2.28. The molecule has 10 rings (SSSR count). The third-order valence-corrected chi connectivity index (χ3v) is 10.7. The van der Waals surface area contributed by atoms with Gasteiger partial charge < -0.3 is 18.3 Å². The summed E-state index contributed by atoms with van der Waals surface area (Å²) in [5.74, 6) is 1.33. The third-order valence-electron chi connectivity index (χ3n) is 10.7. The van der Waals surface area contributed by atoms with Crippen LogP contribution in [0.5, 0.6) is 23.0 Å². The minimum Gasteiger partial charge on any atom is -0.449 e. The summed E-state index contributed by atoms with van der Waals surface area (Å²) in [4.78, 5) is 50.7. The zero-order chi connectivity index (χ0) is 37.0. The Kier molecular flexibility index (Phi) is 6.51. The van der Waals surface area contributed by atoms with Gasteiger partial charge in [-0.25, -0.2) is 0 Å². The van der Waals surface area contributed by atoms with Crippen LogP contribution in [0.1, 0.15) is 38.2 Å². The van der Waals surface area contributed by atoms with Crippen molar-refractivity contribution in [1.82, 2.24) is 9.47 Å². The van der Waals surface area contributed by atoms with Crippen molar-refractivity contribution in [3.63, 3.8) is 0 Å². The third kappa shape index (κ3) is 4.21. The molecule has 1 aliphatic heterocycles. The summed E-state index contributed by atoms with van der Waals surface area (Å²) in [5, 5.41) is 0.544. The first-order chi connectivity index (χ1) is 26.2. The lowest BCUT2D eigenvalue weighted by atomic mass is 9.67. The molecule has 54 heavy (non-hydrogen) atoms. The zero-order valence-electron chi connectivity index (χ0n) is 29.1. The Bertz CT molecular complexity index is 3050. The molecule has 0 saturated carbocycles. The summed E-state index contributed by atoms with van der Waals surface area (Å²) < 4.78 is 26.7. The Balaban J connectivity index is 1.17. The molecule has 2 amide bonds. The summed E-state index contributed by atoms with van der Waals surface area (Å²) in [6, 6.07) is 34.8. The number of imide groups is 1. The van der Waals surface area contributed by atoms with Gasteiger partial charge in [0.2, 0.25) is 6.41 Å². The highest BCUT2D eigenvalue weighted by Crippen LogP contribution is 2.58. The molecule has 262 valence electrons. The molecule has 2 aromatic heterocycles. The van der Waals surface area contributed by atoms with E-state index in [-0.39, 0.29) is 16.3 Å². The molecule has 0 unspecified atom stereocenters. The van der Waals surface area contributed by atoms with Gasteiger partial charge in [0, 0.05) is 19.7 Å². The number of carbonyl (C=O) groups is 2. The molecule has 0 saturated heterocycles. The van der Waals surface area contributed by atoms with Gasteiger partial charge in [0.05, 0.1) is 16.2 Å². The monoisotopic (exact) mass is 712 g/mol. The standard InChI is InChI=1S/C44H28N2O8/c1-23-16-35-38(19-28(23)41(48)45(2)22-47)51-33-14-12-24(17-36(33)53-35)44(31-10-6-4-8-26(31)27-9-5-7-11-32(27)44)25-13-15-34-37(18-25)54-40-21-30-29(20-39(40)52-34)42(49)46(3)43(30)50/h4-22H,1-3H3. The second kappa shape index (κ2) is 11.1. The molecule has 0 bridgehead atoms. The van der Waals surface area contributed by atoms with Gasteiger partial charge >= 0.3 is 0 Å². The van der Waals surface area contributed by atoms with Crippen LogP contribution in [0.15, 0.2) is 128 Å². The molecule has 10 heteroatoms. The predicted molar refractivity (Wildman–Crippen MR) is 202 cm³/mol. The number of benzene rings is 6. The molecule has 8 aromatic rings. The van der Waals surface area contributed by atoms with Crippen molar-refractivity contribution >= 4 is 45.4 Å². The number of amides is 2. The van der Waals surface area contributed by atoms with Crippen LogP contribution >= 0.6 is 0 Å². The maximum atomic E-state index is 12.9. The van der Waals surface area contributed by atoms with Gasteiger partial charge in [0.25, 0.3) is 17.0 Å². The van der Waals surface area contributed by atoms with Crippen LogP contribution in [-0.2, 0) is 17.3 Å². The van der Waals surface area contributed by atoms with Crippen LogP contribution in [0.3, 0.4) is 0 Å². The largest absolute Gasteiger partial charge is 0.449 e. The van der Waals surface area contributed by atoms with E-state index in [2.05, 4.69) is 24.3 Å². The Morgan fingerprint density at radius 1 is 0.648 bits per heavy atom. The molecular formula is C44H28N2O8. The van der Waals surface area contributed by atoms with Gasteiger partial charge in [-0.15, -0.1) is 0 Å². The molecule has 10 nitrogen and oxygen atoms in total. The topological polar surface area (TPSA) is 121 Å². The van der Waals surface area contributed by atoms with E-state index >= 15 is 0 Å². The van der Waals surface area contributed by atoms with E-state index in [1.54, 1.807) is 31.2 Å². The first-order valence-electron chi connectivity index (χ1n) is 17.2. The number of fused-ring (bicyclic) bond motifs is 8. The first kappa shape index (κ1) is 31.5. The van der Waals surface area contributed by atoms with Gasteiger partial charge in [-0.3, -0.25) is 28.6 Å². The molecule has 0 atom stereocenters. The van der Waals surface area contributed by atoms with Crippen molar-refractivity contribution in [2.75, 3.05) is 7.05 Å². The van der Waals surface area contributed by atoms with E-state index < -0.39 is 16.9 Å². The van der Waals surface area contributed by atoms with Gasteiger partial charge in [-0.2, -0.15) is 0 Å². The molecule has 6 aromatic carbocycles. The number of carbonyl (C=O) groups excluding carboxylic acids is 2. The highest BCUT2D eigenvalue weighted by atomic mass is 16.6. The van der Waals surface area contributed by atoms with Crippen molar-refractivity contribution in [3.8, 4) is 34.1 Å². The minimum atomic E-state index is -0.848. The van der Waals surface area contributed by atoms with Crippen LogP contribution in [-0.4, -0.2) is 28.8 Å². The van der Waals surface area contributed by atoms with Crippen molar-refractivity contribution in [2.45, 2.75) is 12.3 Å². The quantitative estimate of drug-likeness (QED) is 0.132. The Morgan fingerprint density at radius 2 is 1.19 bits per heavy atom. The highest BCUT2D eigenvalue weighted by Gasteiger charge is 2.47. The summed E-state index contributed by atoms with van der Waals surface area (Å²) in [6.45, 7) is 1.78. The SMILES string of the molecule is Cc1cc2c(cc1C(=O)N(C)C=O)Oc1ccc(C3(c4ccc5oc6cc7c(=O)n(C)c(=O)c7cc6oc5c4)c4ccccc4-c4ccccc43)cc1O2. The van der Waals surface area contributed by atoms with Gasteiger partial charge in [0.1, 0.15) is 0 Å². The van der Waals surface area contributed by atoms with Gasteiger partial charge in [-0.05, 0) is 94.4 Å². The van der Waals surface area contributed by atoms with E-state index in [0.717, 1.165) is 42.8 Å². The highest BCUT2D eigenvalue weighted by molar-refractivity contribution is 6.01. The molecule has 3 heterocycles. The Morgan fingerprint density at radius 3 is 1.85 bits per heavy atom. The normalized spacial score (nSPS) is 13.5. The van der Waals surface area contributed by atoms with Gasteiger partial charge in [-0.1, -0.05) is 60.7 Å². The van der Waals surface area contributed by atoms with Crippen LogP contribution in [0.2, 0.25) is 0 Å². The fourth-order valence-corrected chi connectivity index (χ4v) is 8.12. The predicted octanol–water partition coefficient (Wildman–Crippen LogP) is 8.19. The molecule has 0 spiro atoms. The lowest BCUT2D eigenvalue weighted by Gasteiger charge is -2.34.